The number of hydrogen-bond acceptors (Lipinski definition) is 2. The van der Waals surface area contributed by atoms with Gasteiger partial charge >= 0.3 is 0 Å². The van der Waals surface area contributed by atoms with E-state index >= 15 is 0 Å². The van der Waals surface area contributed by atoms with Crippen molar-refractivity contribution in [3.8, 4) is 0 Å². The van der Waals surface area contributed by atoms with E-state index in [1.165, 1.54) is 24.9 Å². The van der Waals surface area contributed by atoms with Crippen molar-refractivity contribution in [2.45, 2.75) is 39.3 Å². The first-order valence-electron chi connectivity index (χ1n) is 7.44. The van der Waals surface area contributed by atoms with E-state index in [0.29, 0.717) is 12.0 Å². The van der Waals surface area contributed by atoms with Crippen LogP contribution in [0.5, 0.6) is 0 Å². The molecule has 1 aromatic rings. The van der Waals surface area contributed by atoms with E-state index in [0.717, 1.165) is 29.1 Å². The summed E-state index contributed by atoms with van der Waals surface area (Å²) in [4.78, 5) is 2.53. The lowest BCUT2D eigenvalue weighted by Crippen LogP contribution is -2.39. The molecule has 0 aliphatic carbocycles. The summed E-state index contributed by atoms with van der Waals surface area (Å²) in [5.41, 5.74) is 1.22. The van der Waals surface area contributed by atoms with Gasteiger partial charge in [-0.05, 0) is 43.0 Å². The van der Waals surface area contributed by atoms with E-state index in [-0.39, 0.29) is 0 Å². The number of rotatable bonds is 6. The second-order valence-electron chi connectivity index (χ2n) is 6.12. The minimum atomic E-state index is 0.642. The number of nitrogens with one attached hydrogen (secondary N) is 1. The van der Waals surface area contributed by atoms with Crippen LogP contribution in [-0.4, -0.2) is 30.6 Å². The maximum absolute atomic E-state index is 6.35. The lowest BCUT2D eigenvalue weighted by Gasteiger charge is -2.27. The number of benzene rings is 1. The van der Waals surface area contributed by atoms with Crippen molar-refractivity contribution in [3.05, 3.63) is 33.3 Å². The van der Waals surface area contributed by atoms with Crippen molar-refractivity contribution in [1.82, 2.24) is 10.2 Å². The highest BCUT2D eigenvalue weighted by Gasteiger charge is 2.19. The third-order valence-corrected chi connectivity index (χ3v) is 4.52. The molecule has 0 saturated carbocycles. The van der Waals surface area contributed by atoms with Crippen LogP contribution in [0.25, 0.3) is 0 Å². The summed E-state index contributed by atoms with van der Waals surface area (Å²) in [5, 5.41) is 4.44. The summed E-state index contributed by atoms with van der Waals surface area (Å²) < 4.78 is 1.04. The second-order valence-corrected chi connectivity index (χ2v) is 7.44. The highest BCUT2D eigenvalue weighted by molar-refractivity contribution is 9.10. The second kappa shape index (κ2) is 7.79. The molecule has 1 atom stereocenters. The molecule has 1 aromatic carbocycles. The molecule has 1 unspecified atom stereocenters. The molecule has 0 amide bonds. The fourth-order valence-electron chi connectivity index (χ4n) is 2.84. The maximum atomic E-state index is 6.35. The van der Waals surface area contributed by atoms with E-state index in [9.17, 15) is 0 Å². The van der Waals surface area contributed by atoms with Crippen LogP contribution in [0.1, 0.15) is 32.3 Å². The molecule has 112 valence electrons. The summed E-state index contributed by atoms with van der Waals surface area (Å²) in [6.45, 7) is 8.88. The zero-order valence-electron chi connectivity index (χ0n) is 12.3. The molecule has 1 saturated heterocycles. The van der Waals surface area contributed by atoms with Crippen LogP contribution in [0.4, 0.5) is 0 Å². The Labute approximate surface area is 136 Å². The first-order valence-corrected chi connectivity index (χ1v) is 8.61. The number of hydrogen-bond donors (Lipinski definition) is 1. The quantitative estimate of drug-likeness (QED) is 0.814. The molecule has 4 heteroatoms. The van der Waals surface area contributed by atoms with Gasteiger partial charge in [0.1, 0.15) is 0 Å². The third-order valence-electron chi connectivity index (χ3n) is 3.67. The molecular formula is C16H24BrClN2. The molecular weight excluding hydrogens is 336 g/mol. The normalized spacial score (nSPS) is 19.2. The van der Waals surface area contributed by atoms with Crippen molar-refractivity contribution in [1.29, 1.82) is 0 Å². The molecule has 2 nitrogen and oxygen atoms in total. The summed E-state index contributed by atoms with van der Waals surface area (Å²) in [6, 6.07) is 6.82. The highest BCUT2D eigenvalue weighted by atomic mass is 79.9. The fraction of sp³-hybridized carbons (Fsp3) is 0.625. The van der Waals surface area contributed by atoms with Crippen LogP contribution >= 0.6 is 27.5 Å². The Bertz CT molecular complexity index is 430. The van der Waals surface area contributed by atoms with E-state index in [2.05, 4.69) is 52.1 Å². The minimum Gasteiger partial charge on any atom is -0.313 e. The van der Waals surface area contributed by atoms with Crippen molar-refractivity contribution < 1.29 is 0 Å². The van der Waals surface area contributed by atoms with Gasteiger partial charge in [0.25, 0.3) is 0 Å². The van der Waals surface area contributed by atoms with Crippen LogP contribution in [-0.2, 0) is 6.54 Å². The molecule has 1 aliphatic rings. The van der Waals surface area contributed by atoms with E-state index in [1.54, 1.807) is 0 Å². The molecule has 0 radical (unpaired) electrons. The Morgan fingerprint density at radius 2 is 2.25 bits per heavy atom. The zero-order valence-corrected chi connectivity index (χ0v) is 14.7. The monoisotopic (exact) mass is 358 g/mol. The largest absolute Gasteiger partial charge is 0.313 e. The van der Waals surface area contributed by atoms with Gasteiger partial charge in [-0.3, -0.25) is 4.90 Å². The van der Waals surface area contributed by atoms with E-state index < -0.39 is 0 Å². The Morgan fingerprint density at radius 3 is 2.85 bits per heavy atom. The average molecular weight is 360 g/mol. The van der Waals surface area contributed by atoms with Crippen LogP contribution in [0.2, 0.25) is 5.02 Å². The van der Waals surface area contributed by atoms with Crippen LogP contribution in [0.3, 0.4) is 0 Å². The zero-order chi connectivity index (χ0) is 14.5. The van der Waals surface area contributed by atoms with Gasteiger partial charge in [-0.2, -0.15) is 0 Å². The minimum absolute atomic E-state index is 0.642. The van der Waals surface area contributed by atoms with Gasteiger partial charge in [0.05, 0.1) is 0 Å². The highest BCUT2D eigenvalue weighted by Crippen LogP contribution is 2.23. The lowest BCUT2D eigenvalue weighted by molar-refractivity contribution is 0.216. The topological polar surface area (TPSA) is 15.3 Å². The van der Waals surface area contributed by atoms with E-state index in [1.807, 2.05) is 6.07 Å². The molecule has 1 aliphatic heterocycles. The smallest absolute Gasteiger partial charge is 0.0462 e. The van der Waals surface area contributed by atoms with Crippen molar-refractivity contribution in [2.75, 3.05) is 19.6 Å². The van der Waals surface area contributed by atoms with Crippen LogP contribution in [0.15, 0.2) is 22.7 Å². The van der Waals surface area contributed by atoms with Gasteiger partial charge in [-0.15, -0.1) is 0 Å². The SMILES string of the molecule is CC(C)CN(Cc1ccc(Br)cc1Cl)CC1CCCN1. The summed E-state index contributed by atoms with van der Waals surface area (Å²) >= 11 is 9.82. The number of halogens is 2. The van der Waals surface area contributed by atoms with E-state index in [4.69, 9.17) is 11.6 Å². The third kappa shape index (κ3) is 5.03. The predicted octanol–water partition coefficient (Wildman–Crippen LogP) is 4.31. The van der Waals surface area contributed by atoms with Gasteiger partial charge in [0, 0.05) is 35.2 Å². The van der Waals surface area contributed by atoms with Crippen molar-refractivity contribution in [3.63, 3.8) is 0 Å². The molecule has 0 aromatic heterocycles. The van der Waals surface area contributed by atoms with Crippen LogP contribution in [0, 0.1) is 5.92 Å². The Hall–Kier alpha value is -0.0900. The Balaban J connectivity index is 2.01. The molecule has 1 N–H and O–H groups in total. The van der Waals surface area contributed by atoms with Gasteiger partial charge in [0.15, 0.2) is 0 Å². The molecule has 20 heavy (non-hydrogen) atoms. The molecule has 1 fully saturated rings. The van der Waals surface area contributed by atoms with Gasteiger partial charge < -0.3 is 5.32 Å². The molecule has 1 heterocycles. The van der Waals surface area contributed by atoms with Gasteiger partial charge in [-0.25, -0.2) is 0 Å². The predicted molar refractivity (Wildman–Crippen MR) is 90.3 cm³/mol. The summed E-state index contributed by atoms with van der Waals surface area (Å²) in [5.74, 6) is 0.672. The molecule has 2 rings (SSSR count). The first-order chi connectivity index (χ1) is 9.54. The Morgan fingerprint density at radius 1 is 1.45 bits per heavy atom. The molecule has 0 spiro atoms. The fourth-order valence-corrected chi connectivity index (χ4v) is 3.57. The average Bonchev–Trinajstić information content (AvgIpc) is 2.84. The van der Waals surface area contributed by atoms with Crippen molar-refractivity contribution >= 4 is 27.5 Å². The van der Waals surface area contributed by atoms with Crippen LogP contribution < -0.4 is 5.32 Å². The standard InChI is InChI=1S/C16H24BrClN2/c1-12(2)9-20(11-15-4-3-7-19-15)10-13-5-6-14(17)8-16(13)18/h5-6,8,12,15,19H,3-4,7,9-11H2,1-2H3. The first kappa shape index (κ1) is 16.3. The molecule has 0 bridgehead atoms. The Kier molecular flexibility index (Phi) is 6.34. The summed E-state index contributed by atoms with van der Waals surface area (Å²) in [6.07, 6.45) is 2.60. The maximum Gasteiger partial charge on any atom is 0.0462 e. The number of nitrogens with zero attached hydrogens (tertiary/aromatic N) is 1. The van der Waals surface area contributed by atoms with Gasteiger partial charge in [0.2, 0.25) is 0 Å². The van der Waals surface area contributed by atoms with Crippen molar-refractivity contribution in [2.24, 2.45) is 5.92 Å². The van der Waals surface area contributed by atoms with Gasteiger partial charge in [-0.1, -0.05) is 47.4 Å². The summed E-state index contributed by atoms with van der Waals surface area (Å²) in [7, 11) is 0. The lowest BCUT2D eigenvalue weighted by atomic mass is 10.1.